The zero-order valence-corrected chi connectivity index (χ0v) is 16.2. The van der Waals surface area contributed by atoms with Crippen molar-refractivity contribution in [2.45, 2.75) is 32.2 Å². The Hall–Kier alpha value is -1.77. The second-order valence-corrected chi connectivity index (χ2v) is 8.75. The number of hydrogen-bond donors (Lipinski definition) is 1. The molecule has 4 rings (SSSR count). The highest BCUT2D eigenvalue weighted by atomic mass is 32.1. The summed E-state index contributed by atoms with van der Waals surface area (Å²) in [4.78, 5) is 35.3. The average molecular weight is 391 g/mol. The van der Waals surface area contributed by atoms with E-state index in [1.807, 2.05) is 22.4 Å². The molecule has 0 atom stereocenters. The number of rotatable bonds is 4. The number of hydrogen-bond acceptors (Lipinski definition) is 6. The summed E-state index contributed by atoms with van der Waals surface area (Å²) in [5, 5.41) is 5.43. The highest BCUT2D eigenvalue weighted by Crippen LogP contribution is 2.29. The molecule has 2 aromatic rings. The number of amides is 2. The maximum absolute atomic E-state index is 12.5. The molecule has 2 aromatic heterocycles. The normalized spacial score (nSPS) is 17.8. The van der Waals surface area contributed by atoms with Gasteiger partial charge in [0.2, 0.25) is 5.91 Å². The summed E-state index contributed by atoms with van der Waals surface area (Å²) in [5.41, 5.74) is 1.05. The second-order valence-electron chi connectivity index (χ2n) is 6.72. The van der Waals surface area contributed by atoms with Gasteiger partial charge in [-0.25, -0.2) is 4.98 Å². The van der Waals surface area contributed by atoms with Crippen molar-refractivity contribution in [3.05, 3.63) is 33.0 Å². The summed E-state index contributed by atoms with van der Waals surface area (Å²) in [7, 11) is 0. The number of fused-ring (bicyclic) bond motifs is 1. The zero-order chi connectivity index (χ0) is 17.9. The molecule has 2 aliphatic heterocycles. The summed E-state index contributed by atoms with van der Waals surface area (Å²) in [6, 6.07) is 3.67. The standard InChI is InChI=1S/C18H22N4O2S2/c23-16(22-7-2-1-3-8-22)12-21-9-6-13-15(11-21)26-18(19-13)20-17(24)14-5-4-10-25-14/h4-5,10H,1-3,6-9,11-12H2,(H,19,20,24). The van der Waals surface area contributed by atoms with E-state index < -0.39 is 0 Å². The van der Waals surface area contributed by atoms with Gasteiger partial charge in [-0.3, -0.25) is 19.8 Å². The van der Waals surface area contributed by atoms with Crippen LogP contribution in [0.2, 0.25) is 0 Å². The second kappa shape index (κ2) is 7.85. The molecule has 2 aliphatic rings. The van der Waals surface area contributed by atoms with Crippen LogP contribution in [0.3, 0.4) is 0 Å². The minimum atomic E-state index is -0.108. The van der Waals surface area contributed by atoms with Crippen LogP contribution in [0.5, 0.6) is 0 Å². The van der Waals surface area contributed by atoms with E-state index in [4.69, 9.17) is 0 Å². The minimum absolute atomic E-state index is 0.108. The van der Waals surface area contributed by atoms with Crippen LogP contribution in [0.1, 0.15) is 39.5 Å². The van der Waals surface area contributed by atoms with E-state index in [1.54, 1.807) is 0 Å². The molecule has 2 amide bonds. The number of anilines is 1. The average Bonchev–Trinajstić information content (AvgIpc) is 3.31. The quantitative estimate of drug-likeness (QED) is 0.872. The summed E-state index contributed by atoms with van der Waals surface area (Å²) in [6.45, 7) is 3.86. The van der Waals surface area contributed by atoms with Crippen LogP contribution in [0.15, 0.2) is 17.5 Å². The topological polar surface area (TPSA) is 65.5 Å². The Bertz CT molecular complexity index is 781. The maximum atomic E-state index is 12.5. The van der Waals surface area contributed by atoms with E-state index in [0.717, 1.165) is 56.0 Å². The molecule has 138 valence electrons. The molecule has 4 heterocycles. The van der Waals surface area contributed by atoms with Gasteiger partial charge in [0, 0.05) is 37.5 Å². The van der Waals surface area contributed by atoms with Crippen molar-refractivity contribution < 1.29 is 9.59 Å². The van der Waals surface area contributed by atoms with Crippen molar-refractivity contribution in [1.29, 1.82) is 0 Å². The number of carbonyl (C=O) groups excluding carboxylic acids is 2. The van der Waals surface area contributed by atoms with Crippen LogP contribution < -0.4 is 5.32 Å². The van der Waals surface area contributed by atoms with Crippen LogP contribution in [-0.4, -0.2) is 52.8 Å². The molecule has 8 heteroatoms. The first-order valence-electron chi connectivity index (χ1n) is 9.02. The molecule has 0 saturated carbocycles. The monoisotopic (exact) mass is 390 g/mol. The Labute approximate surface area is 160 Å². The van der Waals surface area contributed by atoms with Gasteiger partial charge in [0.05, 0.1) is 17.1 Å². The van der Waals surface area contributed by atoms with Gasteiger partial charge in [-0.2, -0.15) is 0 Å². The van der Waals surface area contributed by atoms with Crippen molar-refractivity contribution in [3.63, 3.8) is 0 Å². The SMILES string of the molecule is O=C(Nc1nc2c(s1)CN(CC(=O)N1CCCCC1)CC2)c1cccs1. The largest absolute Gasteiger partial charge is 0.342 e. The third-order valence-corrected chi connectivity index (χ3v) is 6.71. The molecule has 0 radical (unpaired) electrons. The molecule has 0 unspecified atom stereocenters. The molecule has 1 saturated heterocycles. The van der Waals surface area contributed by atoms with Crippen LogP contribution in [0, 0.1) is 0 Å². The number of aromatic nitrogens is 1. The van der Waals surface area contributed by atoms with E-state index in [0.29, 0.717) is 16.6 Å². The lowest BCUT2D eigenvalue weighted by Gasteiger charge is -2.31. The fraction of sp³-hybridized carbons (Fsp3) is 0.500. The zero-order valence-electron chi connectivity index (χ0n) is 14.6. The van der Waals surface area contributed by atoms with Crippen molar-refractivity contribution in [1.82, 2.24) is 14.8 Å². The molecule has 0 spiro atoms. The molecule has 1 fully saturated rings. The number of carbonyl (C=O) groups is 2. The highest BCUT2D eigenvalue weighted by molar-refractivity contribution is 7.16. The lowest BCUT2D eigenvalue weighted by atomic mass is 10.1. The van der Waals surface area contributed by atoms with Crippen molar-refractivity contribution in [2.75, 3.05) is 31.5 Å². The Morgan fingerprint density at radius 2 is 2.04 bits per heavy atom. The Kier molecular flexibility index (Phi) is 5.33. The Morgan fingerprint density at radius 3 is 2.81 bits per heavy atom. The number of nitrogens with zero attached hydrogens (tertiary/aromatic N) is 3. The third kappa shape index (κ3) is 3.97. The van der Waals surface area contributed by atoms with E-state index in [9.17, 15) is 9.59 Å². The molecule has 26 heavy (non-hydrogen) atoms. The first-order valence-corrected chi connectivity index (χ1v) is 10.7. The van der Waals surface area contributed by atoms with E-state index in [1.165, 1.54) is 29.1 Å². The minimum Gasteiger partial charge on any atom is -0.342 e. The van der Waals surface area contributed by atoms with Crippen LogP contribution >= 0.6 is 22.7 Å². The lowest BCUT2D eigenvalue weighted by Crippen LogP contribution is -2.43. The van der Waals surface area contributed by atoms with E-state index in [2.05, 4.69) is 15.2 Å². The predicted octanol–water partition coefficient (Wildman–Crippen LogP) is 2.83. The number of nitrogens with one attached hydrogen (secondary N) is 1. The van der Waals surface area contributed by atoms with E-state index >= 15 is 0 Å². The van der Waals surface area contributed by atoms with Gasteiger partial charge in [0.25, 0.3) is 5.91 Å². The maximum Gasteiger partial charge on any atom is 0.267 e. The summed E-state index contributed by atoms with van der Waals surface area (Å²) >= 11 is 2.94. The number of piperidine rings is 1. The molecule has 1 N–H and O–H groups in total. The molecule has 6 nitrogen and oxygen atoms in total. The van der Waals surface area contributed by atoms with Gasteiger partial charge in [0.15, 0.2) is 5.13 Å². The van der Waals surface area contributed by atoms with Crippen LogP contribution in [0.4, 0.5) is 5.13 Å². The van der Waals surface area contributed by atoms with Crippen molar-refractivity contribution in [2.24, 2.45) is 0 Å². The fourth-order valence-corrected chi connectivity index (χ4v) is 5.10. The molecule has 0 aliphatic carbocycles. The molecule has 0 aromatic carbocycles. The number of thiazole rings is 1. The first kappa shape index (κ1) is 17.6. The van der Waals surface area contributed by atoms with Gasteiger partial charge in [-0.1, -0.05) is 6.07 Å². The highest BCUT2D eigenvalue weighted by Gasteiger charge is 2.25. The number of thiophene rings is 1. The van der Waals surface area contributed by atoms with Crippen LogP contribution in [0.25, 0.3) is 0 Å². The Balaban J connectivity index is 1.35. The molecular formula is C18H22N4O2S2. The van der Waals surface area contributed by atoms with E-state index in [-0.39, 0.29) is 11.8 Å². The van der Waals surface area contributed by atoms with Gasteiger partial charge in [-0.15, -0.1) is 22.7 Å². The van der Waals surface area contributed by atoms with Crippen LogP contribution in [-0.2, 0) is 17.8 Å². The van der Waals surface area contributed by atoms with Crippen molar-refractivity contribution in [3.8, 4) is 0 Å². The summed E-state index contributed by atoms with van der Waals surface area (Å²) in [6.07, 6.45) is 4.31. The molecular weight excluding hydrogens is 368 g/mol. The van der Waals surface area contributed by atoms with Gasteiger partial charge in [0.1, 0.15) is 0 Å². The molecule has 0 bridgehead atoms. The first-order chi connectivity index (χ1) is 12.7. The van der Waals surface area contributed by atoms with Gasteiger partial charge < -0.3 is 4.90 Å². The van der Waals surface area contributed by atoms with Crippen molar-refractivity contribution >= 4 is 39.6 Å². The third-order valence-electron chi connectivity index (χ3n) is 4.84. The smallest absolute Gasteiger partial charge is 0.267 e. The lowest BCUT2D eigenvalue weighted by molar-refractivity contribution is -0.133. The summed E-state index contributed by atoms with van der Waals surface area (Å²) < 4.78 is 0. The number of likely N-dealkylation sites (tertiary alicyclic amines) is 1. The fourth-order valence-electron chi connectivity index (χ4n) is 3.44. The Morgan fingerprint density at radius 1 is 1.19 bits per heavy atom. The summed E-state index contributed by atoms with van der Waals surface area (Å²) in [5.74, 6) is 0.132. The van der Waals surface area contributed by atoms with Gasteiger partial charge in [-0.05, 0) is 30.7 Å². The predicted molar refractivity (Wildman–Crippen MR) is 104 cm³/mol. The van der Waals surface area contributed by atoms with Gasteiger partial charge >= 0.3 is 0 Å².